The van der Waals surface area contributed by atoms with E-state index in [1.807, 2.05) is 52.0 Å². The molecule has 8 nitrogen and oxygen atoms in total. The van der Waals surface area contributed by atoms with Gasteiger partial charge in [-0.05, 0) is 67.8 Å². The number of benzene rings is 3. The van der Waals surface area contributed by atoms with Gasteiger partial charge in [0.2, 0.25) is 5.75 Å². The predicted molar refractivity (Wildman–Crippen MR) is 150 cm³/mol. The van der Waals surface area contributed by atoms with E-state index in [4.69, 9.17) is 37.9 Å². The van der Waals surface area contributed by atoms with E-state index in [0.717, 1.165) is 27.5 Å². The second-order valence-electron chi connectivity index (χ2n) is 11.2. The van der Waals surface area contributed by atoms with E-state index < -0.39 is 23.8 Å². The molecule has 0 amide bonds. The first-order valence-electron chi connectivity index (χ1n) is 13.5. The van der Waals surface area contributed by atoms with Gasteiger partial charge in [-0.15, -0.1) is 0 Å². The standard InChI is InChI=1S/C32H36O8/c1-31(2)36-17-24(38-31)27-29-30(40-32(3,4)39-29)28(37-27)25(20-13-12-18-10-8-9-11-19(18)14-20)21-15-22(33-5)26(35-7)23(16-21)34-6/h8-16,24,27,29-30H,17H2,1-7H3/b28-25-/t24-,27+,29-,30+/m1/s1. The van der Waals surface area contributed by atoms with Crippen molar-refractivity contribution < 1.29 is 37.9 Å². The van der Waals surface area contributed by atoms with Crippen molar-refractivity contribution in [3.63, 3.8) is 0 Å². The molecule has 0 spiro atoms. The van der Waals surface area contributed by atoms with Crippen molar-refractivity contribution in [1.82, 2.24) is 0 Å². The average molecular weight is 549 g/mol. The van der Waals surface area contributed by atoms with Crippen LogP contribution in [0.25, 0.3) is 16.3 Å². The third kappa shape index (κ3) is 4.69. The Hall–Kier alpha value is -3.30. The van der Waals surface area contributed by atoms with Gasteiger partial charge in [0.15, 0.2) is 29.2 Å². The van der Waals surface area contributed by atoms with Crippen LogP contribution in [0.5, 0.6) is 17.2 Å². The first-order valence-corrected chi connectivity index (χ1v) is 13.5. The molecule has 0 saturated carbocycles. The third-order valence-corrected chi connectivity index (χ3v) is 7.61. The van der Waals surface area contributed by atoms with Crippen molar-refractivity contribution in [3.8, 4) is 17.2 Å². The number of rotatable bonds is 6. The molecule has 0 radical (unpaired) electrons. The molecule has 40 heavy (non-hydrogen) atoms. The molecule has 0 aromatic heterocycles. The smallest absolute Gasteiger partial charge is 0.203 e. The molecule has 6 rings (SSSR count). The number of ether oxygens (including phenoxy) is 8. The Balaban J connectivity index is 1.57. The van der Waals surface area contributed by atoms with Crippen LogP contribution in [-0.4, -0.2) is 63.9 Å². The minimum Gasteiger partial charge on any atom is -0.493 e. The summed E-state index contributed by atoms with van der Waals surface area (Å²) < 4.78 is 48.9. The fourth-order valence-corrected chi connectivity index (χ4v) is 5.90. The van der Waals surface area contributed by atoms with E-state index in [0.29, 0.717) is 29.6 Å². The molecule has 0 bridgehead atoms. The molecule has 3 heterocycles. The van der Waals surface area contributed by atoms with E-state index in [-0.39, 0.29) is 12.2 Å². The summed E-state index contributed by atoms with van der Waals surface area (Å²) in [4.78, 5) is 0. The highest BCUT2D eigenvalue weighted by molar-refractivity contribution is 5.91. The van der Waals surface area contributed by atoms with Crippen LogP contribution in [-0.2, 0) is 23.7 Å². The van der Waals surface area contributed by atoms with Crippen LogP contribution in [0.4, 0.5) is 0 Å². The zero-order chi connectivity index (χ0) is 28.2. The summed E-state index contributed by atoms with van der Waals surface area (Å²) in [5.74, 6) is 0.753. The van der Waals surface area contributed by atoms with Gasteiger partial charge < -0.3 is 37.9 Å². The highest BCUT2D eigenvalue weighted by Crippen LogP contribution is 2.49. The van der Waals surface area contributed by atoms with Crippen LogP contribution in [0.1, 0.15) is 38.8 Å². The van der Waals surface area contributed by atoms with Gasteiger partial charge in [0.05, 0.1) is 27.9 Å². The Morgan fingerprint density at radius 1 is 0.725 bits per heavy atom. The molecule has 0 aliphatic carbocycles. The molecule has 3 aromatic carbocycles. The van der Waals surface area contributed by atoms with Gasteiger partial charge in [-0.1, -0.05) is 36.4 Å². The van der Waals surface area contributed by atoms with Gasteiger partial charge in [-0.2, -0.15) is 0 Å². The molecular formula is C32H36O8. The van der Waals surface area contributed by atoms with E-state index in [9.17, 15) is 0 Å². The molecule has 3 aliphatic rings. The quantitative estimate of drug-likeness (QED) is 0.389. The Morgan fingerprint density at radius 3 is 2.05 bits per heavy atom. The molecule has 4 atom stereocenters. The Morgan fingerprint density at radius 2 is 1.43 bits per heavy atom. The van der Waals surface area contributed by atoms with Crippen molar-refractivity contribution in [3.05, 3.63) is 71.5 Å². The van der Waals surface area contributed by atoms with Crippen molar-refractivity contribution in [2.45, 2.75) is 63.7 Å². The molecule has 8 heteroatoms. The highest BCUT2D eigenvalue weighted by Gasteiger charge is 2.58. The first-order chi connectivity index (χ1) is 19.1. The van der Waals surface area contributed by atoms with Crippen LogP contribution >= 0.6 is 0 Å². The lowest BCUT2D eigenvalue weighted by atomic mass is 9.92. The zero-order valence-corrected chi connectivity index (χ0v) is 24.0. The third-order valence-electron chi connectivity index (χ3n) is 7.61. The van der Waals surface area contributed by atoms with Gasteiger partial charge in [0.25, 0.3) is 0 Å². The minimum absolute atomic E-state index is 0.324. The SMILES string of the molecule is COc1cc(/C(=C2\O[C@@H]([C@H]3COC(C)(C)O3)[C@H]3OC(C)(C)O[C@@H]23)c2ccc3ccccc3c2)cc(OC)c1OC. The van der Waals surface area contributed by atoms with Crippen LogP contribution in [0, 0.1) is 0 Å². The molecule has 3 aromatic rings. The predicted octanol–water partition coefficient (Wildman–Crippen LogP) is 5.70. The lowest BCUT2D eigenvalue weighted by Gasteiger charge is -2.27. The van der Waals surface area contributed by atoms with E-state index >= 15 is 0 Å². The fourth-order valence-electron chi connectivity index (χ4n) is 5.90. The maximum atomic E-state index is 6.80. The summed E-state index contributed by atoms with van der Waals surface area (Å²) in [6, 6.07) is 18.5. The molecule has 3 saturated heterocycles. The van der Waals surface area contributed by atoms with Crippen molar-refractivity contribution in [1.29, 1.82) is 0 Å². The Kier molecular flexibility index (Phi) is 6.70. The molecule has 0 N–H and O–H groups in total. The lowest BCUT2D eigenvalue weighted by molar-refractivity contribution is -0.187. The van der Waals surface area contributed by atoms with E-state index in [2.05, 4.69) is 30.3 Å². The Labute approximate surface area is 234 Å². The van der Waals surface area contributed by atoms with Crippen LogP contribution in [0.2, 0.25) is 0 Å². The van der Waals surface area contributed by atoms with Gasteiger partial charge >= 0.3 is 0 Å². The van der Waals surface area contributed by atoms with Gasteiger partial charge in [0.1, 0.15) is 24.1 Å². The van der Waals surface area contributed by atoms with E-state index in [1.165, 1.54) is 0 Å². The van der Waals surface area contributed by atoms with Crippen LogP contribution < -0.4 is 14.2 Å². The number of fused-ring (bicyclic) bond motifs is 2. The molecule has 3 aliphatic heterocycles. The summed E-state index contributed by atoms with van der Waals surface area (Å²) in [6.07, 6.45) is -1.60. The van der Waals surface area contributed by atoms with Gasteiger partial charge in [0, 0.05) is 5.57 Å². The van der Waals surface area contributed by atoms with Gasteiger partial charge in [-0.3, -0.25) is 0 Å². The fraction of sp³-hybridized carbons (Fsp3) is 0.438. The summed E-state index contributed by atoms with van der Waals surface area (Å²) >= 11 is 0. The molecule has 212 valence electrons. The largest absolute Gasteiger partial charge is 0.493 e. The monoisotopic (exact) mass is 548 g/mol. The van der Waals surface area contributed by atoms with Crippen molar-refractivity contribution in [2.75, 3.05) is 27.9 Å². The summed E-state index contributed by atoms with van der Waals surface area (Å²) in [5.41, 5.74) is 2.64. The maximum absolute atomic E-state index is 6.80. The van der Waals surface area contributed by atoms with Crippen molar-refractivity contribution in [2.24, 2.45) is 0 Å². The molecule has 3 fully saturated rings. The average Bonchev–Trinajstić information content (AvgIpc) is 3.57. The zero-order valence-electron chi connectivity index (χ0n) is 24.0. The summed E-state index contributed by atoms with van der Waals surface area (Å²) in [7, 11) is 4.81. The first kappa shape index (κ1) is 26.9. The van der Waals surface area contributed by atoms with Gasteiger partial charge in [-0.25, -0.2) is 0 Å². The number of methoxy groups -OCH3 is 3. The number of hydrogen-bond acceptors (Lipinski definition) is 8. The molecule has 0 unspecified atom stereocenters. The minimum atomic E-state index is -0.804. The van der Waals surface area contributed by atoms with Crippen molar-refractivity contribution >= 4 is 16.3 Å². The van der Waals surface area contributed by atoms with Crippen LogP contribution in [0.3, 0.4) is 0 Å². The summed E-state index contributed by atoms with van der Waals surface area (Å²) in [6.45, 7) is 8.05. The van der Waals surface area contributed by atoms with Crippen LogP contribution in [0.15, 0.2) is 60.4 Å². The van der Waals surface area contributed by atoms with E-state index in [1.54, 1.807) is 21.3 Å². The highest BCUT2D eigenvalue weighted by atomic mass is 16.8. The normalized spacial score (nSPS) is 27.8. The summed E-state index contributed by atoms with van der Waals surface area (Å²) in [5, 5.41) is 2.25. The Bertz CT molecular complexity index is 1430. The number of hydrogen-bond donors (Lipinski definition) is 0. The lowest BCUT2D eigenvalue weighted by Crippen LogP contribution is -2.40. The second kappa shape index (κ2) is 9.96. The topological polar surface area (TPSA) is 73.8 Å². The second-order valence-corrected chi connectivity index (χ2v) is 11.2. The molecular weight excluding hydrogens is 512 g/mol. The maximum Gasteiger partial charge on any atom is 0.203 e.